The van der Waals surface area contributed by atoms with E-state index >= 15 is 0 Å². The number of aromatic nitrogens is 6. The first-order valence-electron chi connectivity index (χ1n) is 22.5. The number of para-hydroxylation sites is 2. The standard InChI is InChI=1S/C59H46N6O/c1-37-21-25-43(26-22-37)55-60-53(41-13-7-5-8-14-41)62-57(64-55)45-33-29-39(30-34-45)47-17-11-19-49-51(47)66-52-48(18-12-20-50(52)59(49,3)4)40-31-35-46(36-32-40)58-63-54(42-15-9-6-10-16-42)61-56(65-58)44-27-23-38(2)24-28-44/h5-35,46H,36H2,1-4H3. The molecule has 9 aromatic rings. The molecule has 7 heteroatoms. The van der Waals surface area contributed by atoms with Crippen LogP contribution in [0.25, 0.3) is 73.6 Å². The third kappa shape index (κ3) is 7.68. The van der Waals surface area contributed by atoms with E-state index in [1.54, 1.807) is 0 Å². The van der Waals surface area contributed by atoms with E-state index < -0.39 is 0 Å². The molecule has 3 heterocycles. The Morgan fingerprint density at radius 3 is 1.30 bits per heavy atom. The zero-order valence-electron chi connectivity index (χ0n) is 37.3. The molecule has 1 atom stereocenters. The molecule has 11 rings (SSSR count). The van der Waals surface area contributed by atoms with Crippen molar-refractivity contribution >= 4 is 5.57 Å². The highest BCUT2D eigenvalue weighted by molar-refractivity contribution is 5.84. The molecule has 0 amide bonds. The van der Waals surface area contributed by atoms with E-state index in [1.165, 1.54) is 11.1 Å². The Morgan fingerprint density at radius 1 is 0.424 bits per heavy atom. The van der Waals surface area contributed by atoms with Gasteiger partial charge < -0.3 is 4.74 Å². The third-order valence-corrected chi connectivity index (χ3v) is 12.7. The summed E-state index contributed by atoms with van der Waals surface area (Å²) in [7, 11) is 0. The maximum Gasteiger partial charge on any atom is 0.164 e. The lowest BCUT2D eigenvalue weighted by molar-refractivity contribution is 0.418. The van der Waals surface area contributed by atoms with Crippen molar-refractivity contribution in [1.29, 1.82) is 0 Å². The molecule has 1 unspecified atom stereocenters. The zero-order valence-corrected chi connectivity index (χ0v) is 37.3. The Bertz CT molecular complexity index is 3320. The van der Waals surface area contributed by atoms with E-state index in [9.17, 15) is 0 Å². The summed E-state index contributed by atoms with van der Waals surface area (Å²) < 4.78 is 7.14. The van der Waals surface area contributed by atoms with Gasteiger partial charge in [-0.2, -0.15) is 0 Å². The lowest BCUT2D eigenvalue weighted by Gasteiger charge is -2.36. The van der Waals surface area contributed by atoms with E-state index in [1.807, 2.05) is 60.7 Å². The fourth-order valence-electron chi connectivity index (χ4n) is 8.95. The molecule has 66 heavy (non-hydrogen) atoms. The Morgan fingerprint density at radius 2 is 0.833 bits per heavy atom. The van der Waals surface area contributed by atoms with Crippen LogP contribution in [0.4, 0.5) is 0 Å². The van der Waals surface area contributed by atoms with Crippen molar-refractivity contribution in [2.45, 2.75) is 45.4 Å². The van der Waals surface area contributed by atoms with Crippen LogP contribution >= 0.6 is 0 Å². The Balaban J connectivity index is 0.910. The van der Waals surface area contributed by atoms with Gasteiger partial charge in [0.15, 0.2) is 29.1 Å². The van der Waals surface area contributed by atoms with Crippen LogP contribution in [0.2, 0.25) is 0 Å². The largest absolute Gasteiger partial charge is 0.455 e. The number of allylic oxidation sites excluding steroid dienone is 4. The second kappa shape index (κ2) is 16.8. The quantitative estimate of drug-likeness (QED) is 0.150. The number of ether oxygens (including phenoxy) is 1. The Labute approximate surface area is 385 Å². The summed E-state index contributed by atoms with van der Waals surface area (Å²) >= 11 is 0. The van der Waals surface area contributed by atoms with Crippen LogP contribution in [0.15, 0.2) is 188 Å². The first-order chi connectivity index (χ1) is 32.2. The summed E-state index contributed by atoms with van der Waals surface area (Å²) in [5.41, 5.74) is 13.3. The average molecular weight is 855 g/mol. The minimum absolute atomic E-state index is 0.0210. The molecule has 1 aliphatic carbocycles. The van der Waals surface area contributed by atoms with E-state index in [0.29, 0.717) is 29.1 Å². The molecule has 2 aromatic heterocycles. The van der Waals surface area contributed by atoms with Gasteiger partial charge in [-0.25, -0.2) is 29.9 Å². The van der Waals surface area contributed by atoms with Crippen LogP contribution in [0.5, 0.6) is 11.5 Å². The summed E-state index contributed by atoms with van der Waals surface area (Å²) in [5.74, 6) is 5.71. The van der Waals surface area contributed by atoms with Gasteiger partial charge in [-0.1, -0.05) is 213 Å². The number of hydrogen-bond donors (Lipinski definition) is 0. The van der Waals surface area contributed by atoms with Crippen molar-refractivity contribution in [3.8, 4) is 79.6 Å². The first kappa shape index (κ1) is 40.6. The molecule has 0 bridgehead atoms. The number of aryl methyl sites for hydroxylation is 2. The SMILES string of the molecule is Cc1ccc(-c2nc(-c3ccccc3)nc(-c3ccc(-c4cccc5c4Oc4c(C6=CCC(c7nc(-c8ccccc8)nc(-c8ccc(C)cc8)n7)C=C6)cccc4C5(C)C)cc3)n2)cc1. The van der Waals surface area contributed by atoms with Crippen molar-refractivity contribution in [2.24, 2.45) is 0 Å². The molecule has 7 aromatic carbocycles. The third-order valence-electron chi connectivity index (χ3n) is 12.7. The Hall–Kier alpha value is -8.16. The fourth-order valence-corrected chi connectivity index (χ4v) is 8.95. The van der Waals surface area contributed by atoms with Crippen molar-refractivity contribution in [1.82, 2.24) is 29.9 Å². The van der Waals surface area contributed by atoms with Crippen molar-refractivity contribution in [2.75, 3.05) is 0 Å². The van der Waals surface area contributed by atoms with Gasteiger partial charge in [0.05, 0.1) is 0 Å². The molecule has 0 fully saturated rings. The summed E-state index contributed by atoms with van der Waals surface area (Å²) in [6.07, 6.45) is 7.46. The molecule has 0 N–H and O–H groups in total. The molecule has 7 nitrogen and oxygen atoms in total. The normalized spacial score (nSPS) is 14.7. The number of fused-ring (bicyclic) bond motifs is 2. The maximum absolute atomic E-state index is 7.14. The average Bonchev–Trinajstić information content (AvgIpc) is 3.37. The molecule has 0 spiro atoms. The van der Waals surface area contributed by atoms with E-state index in [2.05, 4.69) is 155 Å². The summed E-state index contributed by atoms with van der Waals surface area (Å²) in [6, 6.07) is 58.3. The van der Waals surface area contributed by atoms with Crippen LogP contribution in [0.3, 0.4) is 0 Å². The summed E-state index contributed by atoms with van der Waals surface area (Å²) in [5, 5.41) is 0. The number of hydrogen-bond acceptors (Lipinski definition) is 7. The molecule has 0 saturated carbocycles. The van der Waals surface area contributed by atoms with Gasteiger partial charge in [0.2, 0.25) is 0 Å². The molecular formula is C59H46N6O. The van der Waals surface area contributed by atoms with Crippen molar-refractivity contribution in [3.05, 3.63) is 222 Å². The van der Waals surface area contributed by atoms with Gasteiger partial charge in [-0.3, -0.25) is 0 Å². The van der Waals surface area contributed by atoms with Gasteiger partial charge in [0.1, 0.15) is 17.3 Å². The zero-order chi connectivity index (χ0) is 44.8. The van der Waals surface area contributed by atoms with Crippen LogP contribution in [-0.2, 0) is 5.41 Å². The van der Waals surface area contributed by atoms with Gasteiger partial charge in [0, 0.05) is 61.4 Å². The minimum Gasteiger partial charge on any atom is -0.455 e. The number of benzene rings is 7. The minimum atomic E-state index is -0.327. The van der Waals surface area contributed by atoms with Gasteiger partial charge in [-0.05, 0) is 31.4 Å². The first-order valence-corrected chi connectivity index (χ1v) is 22.5. The monoisotopic (exact) mass is 854 g/mol. The van der Waals surface area contributed by atoms with E-state index in [0.717, 1.165) is 85.0 Å². The molecule has 1 aliphatic heterocycles. The van der Waals surface area contributed by atoms with E-state index in [-0.39, 0.29) is 11.3 Å². The van der Waals surface area contributed by atoms with Gasteiger partial charge >= 0.3 is 0 Å². The molecule has 0 saturated heterocycles. The van der Waals surface area contributed by atoms with Crippen LogP contribution in [-0.4, -0.2) is 29.9 Å². The summed E-state index contributed by atoms with van der Waals surface area (Å²) in [4.78, 5) is 29.9. The smallest absolute Gasteiger partial charge is 0.164 e. The molecule has 2 aliphatic rings. The fraction of sp³-hybridized carbons (Fsp3) is 0.119. The Kier molecular flexibility index (Phi) is 10.3. The predicted octanol–water partition coefficient (Wildman–Crippen LogP) is 14.2. The topological polar surface area (TPSA) is 86.6 Å². The molecule has 0 radical (unpaired) electrons. The summed E-state index contributed by atoms with van der Waals surface area (Å²) in [6.45, 7) is 8.75. The molecule has 318 valence electrons. The highest BCUT2D eigenvalue weighted by atomic mass is 16.5. The van der Waals surface area contributed by atoms with Crippen LogP contribution in [0.1, 0.15) is 59.8 Å². The van der Waals surface area contributed by atoms with Gasteiger partial charge in [0.25, 0.3) is 0 Å². The maximum atomic E-state index is 7.14. The van der Waals surface area contributed by atoms with E-state index in [4.69, 9.17) is 34.6 Å². The predicted molar refractivity (Wildman–Crippen MR) is 265 cm³/mol. The highest BCUT2D eigenvalue weighted by Gasteiger charge is 2.37. The molecular weight excluding hydrogens is 809 g/mol. The van der Waals surface area contributed by atoms with Crippen molar-refractivity contribution < 1.29 is 4.74 Å². The number of nitrogens with zero attached hydrogens (tertiary/aromatic N) is 6. The van der Waals surface area contributed by atoms with Crippen molar-refractivity contribution in [3.63, 3.8) is 0 Å². The second-order valence-corrected chi connectivity index (χ2v) is 17.6. The van der Waals surface area contributed by atoms with Crippen LogP contribution < -0.4 is 4.74 Å². The lowest BCUT2D eigenvalue weighted by Crippen LogP contribution is -2.25. The van der Waals surface area contributed by atoms with Crippen LogP contribution in [0, 0.1) is 13.8 Å². The van der Waals surface area contributed by atoms with Gasteiger partial charge in [-0.15, -0.1) is 0 Å². The lowest BCUT2D eigenvalue weighted by atomic mass is 9.73. The second-order valence-electron chi connectivity index (χ2n) is 17.6. The highest BCUT2D eigenvalue weighted by Crippen LogP contribution is 2.53. The number of rotatable bonds is 8.